The molecule has 0 atom stereocenters. The van der Waals surface area contributed by atoms with Gasteiger partial charge in [-0.15, -0.1) is 22.7 Å². The first-order chi connectivity index (χ1) is 9.11. The van der Waals surface area contributed by atoms with E-state index in [4.69, 9.17) is 11.6 Å². The molecule has 0 spiro atoms. The van der Waals surface area contributed by atoms with Gasteiger partial charge in [-0.3, -0.25) is 0 Å². The Kier molecular flexibility index (Phi) is 3.26. The Morgan fingerprint density at radius 2 is 2.21 bits per heavy atom. The molecule has 0 unspecified atom stereocenters. The number of aliphatic imine (C=N–C) groups is 1. The molecule has 0 N–H and O–H groups in total. The summed E-state index contributed by atoms with van der Waals surface area (Å²) in [5.74, 6) is 0.574. The normalized spacial score (nSPS) is 14.9. The Labute approximate surface area is 124 Å². The van der Waals surface area contributed by atoms with E-state index in [1.54, 1.807) is 16.7 Å². The number of aryl methyl sites for hydroxylation is 1. The van der Waals surface area contributed by atoms with Crippen molar-refractivity contribution in [1.29, 1.82) is 0 Å². The largest absolute Gasteiger partial charge is 0.434 e. The fraction of sp³-hybridized carbons (Fsp3) is 0.0769. The van der Waals surface area contributed by atoms with Gasteiger partial charge in [-0.1, -0.05) is 24.3 Å². The van der Waals surface area contributed by atoms with Crippen LogP contribution in [0.1, 0.15) is 14.8 Å². The fourth-order valence-corrected chi connectivity index (χ4v) is 3.35. The van der Waals surface area contributed by atoms with Gasteiger partial charge in [0.05, 0.1) is 0 Å². The predicted octanol–water partition coefficient (Wildman–Crippen LogP) is 4.86. The van der Waals surface area contributed by atoms with Crippen molar-refractivity contribution in [1.82, 2.24) is 4.98 Å². The van der Waals surface area contributed by atoms with Gasteiger partial charge < -0.3 is 10.3 Å². The van der Waals surface area contributed by atoms with Crippen LogP contribution in [0.4, 0.5) is 0 Å². The molecular formula is C13H9ClN3S2-. The number of allylic oxidation sites excluding steroid dienone is 1. The molecule has 0 fully saturated rings. The van der Waals surface area contributed by atoms with Crippen LogP contribution in [0.2, 0.25) is 5.15 Å². The first-order valence-electron chi connectivity index (χ1n) is 5.51. The van der Waals surface area contributed by atoms with Crippen molar-refractivity contribution >= 4 is 45.8 Å². The van der Waals surface area contributed by atoms with Gasteiger partial charge in [0.2, 0.25) is 0 Å². The van der Waals surface area contributed by atoms with Gasteiger partial charge in [0.15, 0.2) is 0 Å². The molecule has 3 nitrogen and oxygen atoms in total. The summed E-state index contributed by atoms with van der Waals surface area (Å²) < 4.78 is 0. The SMILES string of the molecule is C=C1C=C(c2ccc(C)s2)[N-]C(c2nc(Cl)cs2)=N1. The van der Waals surface area contributed by atoms with E-state index in [-0.39, 0.29) is 0 Å². The van der Waals surface area contributed by atoms with Crippen LogP contribution in [0.25, 0.3) is 11.0 Å². The highest BCUT2D eigenvalue weighted by atomic mass is 35.5. The smallest absolute Gasteiger partial charge is 0.140 e. The minimum Gasteiger partial charge on any atom is -0.434 e. The van der Waals surface area contributed by atoms with Crippen molar-refractivity contribution in [2.24, 2.45) is 4.99 Å². The molecule has 6 heteroatoms. The Morgan fingerprint density at radius 3 is 2.84 bits per heavy atom. The first kappa shape index (κ1) is 12.6. The van der Waals surface area contributed by atoms with Crippen LogP contribution in [0, 0.1) is 6.92 Å². The lowest BCUT2D eigenvalue weighted by Gasteiger charge is -2.25. The monoisotopic (exact) mass is 306 g/mol. The average molecular weight is 307 g/mol. The lowest BCUT2D eigenvalue weighted by Crippen LogP contribution is -2.04. The van der Waals surface area contributed by atoms with Crippen LogP contribution in [-0.2, 0) is 0 Å². The number of nitrogens with zero attached hydrogens (tertiary/aromatic N) is 3. The van der Waals surface area contributed by atoms with E-state index in [1.165, 1.54) is 16.2 Å². The molecule has 19 heavy (non-hydrogen) atoms. The third-order valence-corrected chi connectivity index (χ3v) is 4.62. The van der Waals surface area contributed by atoms with Gasteiger partial charge in [0.1, 0.15) is 10.2 Å². The number of halogens is 1. The number of aromatic nitrogens is 1. The van der Waals surface area contributed by atoms with Crippen molar-refractivity contribution in [2.45, 2.75) is 6.92 Å². The molecule has 0 saturated heterocycles. The van der Waals surface area contributed by atoms with Gasteiger partial charge in [0.25, 0.3) is 0 Å². The standard InChI is InChI=1S/C13H9ClN3S2/c1-7-5-9(10-4-3-8(2)19-10)16-12(15-7)13-17-11(14)6-18-13/h3-6H,1H2,2H3/q-1. The highest BCUT2D eigenvalue weighted by molar-refractivity contribution is 7.13. The maximum atomic E-state index is 5.84. The molecule has 0 aliphatic carbocycles. The number of rotatable bonds is 2. The third kappa shape index (κ3) is 2.63. The number of hydrogen-bond acceptors (Lipinski definition) is 4. The number of thiazole rings is 1. The van der Waals surface area contributed by atoms with Gasteiger partial charge in [0, 0.05) is 15.1 Å². The zero-order valence-electron chi connectivity index (χ0n) is 10.1. The molecule has 2 aromatic rings. The van der Waals surface area contributed by atoms with Gasteiger partial charge in [-0.2, -0.15) is 0 Å². The highest BCUT2D eigenvalue weighted by Crippen LogP contribution is 2.34. The Bertz CT molecular complexity index is 651. The van der Waals surface area contributed by atoms with E-state index in [0.29, 0.717) is 21.7 Å². The minimum atomic E-state index is 0.464. The summed E-state index contributed by atoms with van der Waals surface area (Å²) in [5, 5.41) is 7.50. The summed E-state index contributed by atoms with van der Waals surface area (Å²) in [6.07, 6.45) is 1.88. The van der Waals surface area contributed by atoms with E-state index in [1.807, 2.05) is 6.08 Å². The van der Waals surface area contributed by atoms with Crippen molar-refractivity contribution in [3.8, 4) is 0 Å². The molecule has 2 aromatic heterocycles. The number of hydrogen-bond donors (Lipinski definition) is 0. The fourth-order valence-electron chi connectivity index (χ4n) is 1.65. The summed E-state index contributed by atoms with van der Waals surface area (Å²) in [6.45, 7) is 5.98. The van der Waals surface area contributed by atoms with Crippen molar-refractivity contribution in [3.63, 3.8) is 0 Å². The van der Waals surface area contributed by atoms with E-state index >= 15 is 0 Å². The second kappa shape index (κ2) is 4.92. The molecule has 3 heterocycles. The van der Waals surface area contributed by atoms with Crippen molar-refractivity contribution in [2.75, 3.05) is 0 Å². The van der Waals surface area contributed by atoms with E-state index in [9.17, 15) is 0 Å². The number of thiophene rings is 1. The third-order valence-electron chi connectivity index (χ3n) is 2.44. The Hall–Kier alpha value is -1.43. The Balaban J connectivity index is 1.93. The molecule has 1 aliphatic rings. The van der Waals surface area contributed by atoms with E-state index in [2.05, 4.69) is 40.9 Å². The zero-order chi connectivity index (χ0) is 13.4. The molecule has 0 radical (unpaired) electrons. The van der Waals surface area contributed by atoms with Crippen LogP contribution < -0.4 is 0 Å². The second-order valence-electron chi connectivity index (χ2n) is 3.95. The molecule has 0 amide bonds. The molecule has 1 aliphatic heterocycles. The summed E-state index contributed by atoms with van der Waals surface area (Å²) in [5.41, 5.74) is 1.55. The minimum absolute atomic E-state index is 0.464. The molecule has 0 saturated carbocycles. The summed E-state index contributed by atoms with van der Waals surface area (Å²) in [7, 11) is 0. The van der Waals surface area contributed by atoms with Gasteiger partial charge in [-0.25, -0.2) is 4.98 Å². The summed E-state index contributed by atoms with van der Waals surface area (Å²) in [6, 6.07) is 4.13. The molecule has 3 rings (SSSR count). The topological polar surface area (TPSA) is 39.4 Å². The first-order valence-corrected chi connectivity index (χ1v) is 7.58. The van der Waals surface area contributed by atoms with E-state index < -0.39 is 0 Å². The highest BCUT2D eigenvalue weighted by Gasteiger charge is 2.09. The van der Waals surface area contributed by atoms with Crippen LogP contribution in [-0.4, -0.2) is 10.8 Å². The lowest BCUT2D eigenvalue weighted by molar-refractivity contribution is 1.34. The summed E-state index contributed by atoms with van der Waals surface area (Å²) in [4.78, 5) is 10.9. The summed E-state index contributed by atoms with van der Waals surface area (Å²) >= 11 is 8.97. The zero-order valence-corrected chi connectivity index (χ0v) is 12.4. The Morgan fingerprint density at radius 1 is 1.37 bits per heavy atom. The average Bonchev–Trinajstić information content (AvgIpc) is 2.97. The second-order valence-corrected chi connectivity index (χ2v) is 6.49. The molecule has 0 bridgehead atoms. The van der Waals surface area contributed by atoms with E-state index in [0.717, 1.165) is 10.6 Å². The quantitative estimate of drug-likeness (QED) is 0.781. The van der Waals surface area contributed by atoms with Crippen LogP contribution >= 0.6 is 34.3 Å². The number of amidine groups is 1. The maximum absolute atomic E-state index is 5.84. The lowest BCUT2D eigenvalue weighted by atomic mass is 10.2. The van der Waals surface area contributed by atoms with Gasteiger partial charge in [-0.05, 0) is 36.3 Å². The predicted molar refractivity (Wildman–Crippen MR) is 83.2 cm³/mol. The van der Waals surface area contributed by atoms with Gasteiger partial charge >= 0.3 is 0 Å². The van der Waals surface area contributed by atoms with Crippen LogP contribution in [0.15, 0.2) is 40.9 Å². The van der Waals surface area contributed by atoms with Crippen LogP contribution in [0.3, 0.4) is 0 Å². The molecule has 96 valence electrons. The van der Waals surface area contributed by atoms with Crippen molar-refractivity contribution < 1.29 is 0 Å². The molecular weight excluding hydrogens is 298 g/mol. The maximum Gasteiger partial charge on any atom is 0.140 e. The van der Waals surface area contributed by atoms with Crippen LogP contribution in [0.5, 0.6) is 0 Å². The molecule has 0 aromatic carbocycles. The van der Waals surface area contributed by atoms with Crippen molar-refractivity contribution in [3.05, 3.63) is 61.1 Å².